The highest BCUT2D eigenvalue weighted by Crippen LogP contribution is 2.16. The minimum Gasteiger partial charge on any atom is -0.345 e. The van der Waals surface area contributed by atoms with Crippen molar-refractivity contribution in [2.45, 2.75) is 40.4 Å². The Bertz CT molecular complexity index is 1170. The SMILES string of the molecule is CCn1c(CNC(=O)c2cccc(Cn3nc(C)cc3C)c2)nc2ccccc21. The maximum Gasteiger partial charge on any atom is 0.251 e. The summed E-state index contributed by atoms with van der Waals surface area (Å²) >= 11 is 0. The molecule has 148 valence electrons. The van der Waals surface area contributed by atoms with Crippen LogP contribution in [0.5, 0.6) is 0 Å². The van der Waals surface area contributed by atoms with E-state index in [1.165, 1.54) is 0 Å². The van der Waals surface area contributed by atoms with Crippen molar-refractivity contribution in [1.82, 2.24) is 24.6 Å². The number of aromatic nitrogens is 4. The van der Waals surface area contributed by atoms with Gasteiger partial charge in [-0.05, 0) is 56.7 Å². The fourth-order valence-corrected chi connectivity index (χ4v) is 3.69. The van der Waals surface area contributed by atoms with Crippen molar-refractivity contribution in [2.24, 2.45) is 0 Å². The van der Waals surface area contributed by atoms with Crippen molar-refractivity contribution in [3.63, 3.8) is 0 Å². The molecule has 1 N–H and O–H groups in total. The standard InChI is InChI=1S/C23H25N5O/c1-4-27-21-11-6-5-10-20(21)25-22(27)14-24-23(29)19-9-7-8-18(13-19)15-28-17(3)12-16(2)26-28/h5-13H,4,14-15H2,1-3H3,(H,24,29). The number of nitrogens with one attached hydrogen (secondary N) is 1. The van der Waals surface area contributed by atoms with Gasteiger partial charge in [-0.2, -0.15) is 5.10 Å². The average molecular weight is 387 g/mol. The van der Waals surface area contributed by atoms with Crippen LogP contribution in [0.3, 0.4) is 0 Å². The molecule has 0 saturated heterocycles. The first kappa shape index (κ1) is 18.9. The van der Waals surface area contributed by atoms with Crippen LogP contribution in [0.1, 0.15) is 40.1 Å². The predicted octanol–water partition coefficient (Wildman–Crippen LogP) is 3.85. The molecular weight excluding hydrogens is 362 g/mol. The molecule has 0 aliphatic heterocycles. The topological polar surface area (TPSA) is 64.7 Å². The largest absolute Gasteiger partial charge is 0.345 e. The van der Waals surface area contributed by atoms with Crippen molar-refractivity contribution >= 4 is 16.9 Å². The van der Waals surface area contributed by atoms with Crippen molar-refractivity contribution in [3.8, 4) is 0 Å². The third-order valence-electron chi connectivity index (χ3n) is 5.08. The van der Waals surface area contributed by atoms with Crippen LogP contribution >= 0.6 is 0 Å². The smallest absolute Gasteiger partial charge is 0.251 e. The number of carbonyl (C=O) groups is 1. The van der Waals surface area contributed by atoms with Crippen LogP contribution in [0, 0.1) is 13.8 Å². The Morgan fingerprint density at radius 2 is 1.90 bits per heavy atom. The van der Waals surface area contributed by atoms with Gasteiger partial charge in [0.25, 0.3) is 5.91 Å². The van der Waals surface area contributed by atoms with E-state index in [1.54, 1.807) is 0 Å². The molecule has 0 aliphatic carbocycles. The molecule has 0 fully saturated rings. The molecular formula is C23H25N5O. The highest BCUT2D eigenvalue weighted by molar-refractivity contribution is 5.94. The number of rotatable bonds is 6. The van der Waals surface area contributed by atoms with E-state index in [4.69, 9.17) is 0 Å². The molecule has 0 atom stereocenters. The van der Waals surface area contributed by atoms with E-state index in [0.29, 0.717) is 18.7 Å². The lowest BCUT2D eigenvalue weighted by atomic mass is 10.1. The Balaban J connectivity index is 1.48. The van der Waals surface area contributed by atoms with Crippen LogP contribution in [0.4, 0.5) is 0 Å². The highest BCUT2D eigenvalue weighted by Gasteiger charge is 2.12. The molecule has 0 spiro atoms. The fraction of sp³-hybridized carbons (Fsp3) is 0.261. The lowest BCUT2D eigenvalue weighted by molar-refractivity contribution is 0.0949. The number of amides is 1. The van der Waals surface area contributed by atoms with E-state index in [0.717, 1.165) is 40.4 Å². The van der Waals surface area contributed by atoms with E-state index in [9.17, 15) is 4.79 Å². The van der Waals surface area contributed by atoms with E-state index in [1.807, 2.05) is 61.0 Å². The summed E-state index contributed by atoms with van der Waals surface area (Å²) in [6, 6.07) is 17.8. The van der Waals surface area contributed by atoms with Gasteiger partial charge >= 0.3 is 0 Å². The summed E-state index contributed by atoms with van der Waals surface area (Å²) in [4.78, 5) is 17.4. The third-order valence-corrected chi connectivity index (χ3v) is 5.08. The summed E-state index contributed by atoms with van der Waals surface area (Å²) in [7, 11) is 0. The van der Waals surface area contributed by atoms with Gasteiger partial charge < -0.3 is 9.88 Å². The molecule has 6 nitrogen and oxygen atoms in total. The first-order chi connectivity index (χ1) is 14.0. The quantitative estimate of drug-likeness (QED) is 0.547. The van der Waals surface area contributed by atoms with Crippen LogP contribution < -0.4 is 5.32 Å². The molecule has 6 heteroatoms. The maximum absolute atomic E-state index is 12.7. The summed E-state index contributed by atoms with van der Waals surface area (Å²) in [5.74, 6) is 0.760. The van der Waals surface area contributed by atoms with Crippen LogP contribution in [0.2, 0.25) is 0 Å². The van der Waals surface area contributed by atoms with Gasteiger partial charge in [-0.25, -0.2) is 4.98 Å². The van der Waals surface area contributed by atoms with Gasteiger partial charge in [0, 0.05) is 17.8 Å². The van der Waals surface area contributed by atoms with Gasteiger partial charge in [0.1, 0.15) is 5.82 Å². The van der Waals surface area contributed by atoms with E-state index < -0.39 is 0 Å². The minimum absolute atomic E-state index is 0.102. The Hall–Kier alpha value is -3.41. The molecule has 2 aromatic heterocycles. The molecule has 4 aromatic rings. The number of hydrogen-bond acceptors (Lipinski definition) is 3. The number of hydrogen-bond donors (Lipinski definition) is 1. The average Bonchev–Trinajstić information content (AvgIpc) is 3.24. The molecule has 0 saturated carbocycles. The summed E-state index contributed by atoms with van der Waals surface area (Å²) in [5, 5.41) is 7.51. The molecule has 0 bridgehead atoms. The summed E-state index contributed by atoms with van der Waals surface area (Å²) in [6.45, 7) is 7.95. The zero-order valence-electron chi connectivity index (χ0n) is 17.0. The van der Waals surface area contributed by atoms with Crippen LogP contribution in [-0.2, 0) is 19.6 Å². The van der Waals surface area contributed by atoms with Gasteiger partial charge in [-0.15, -0.1) is 0 Å². The second-order valence-corrected chi connectivity index (χ2v) is 7.23. The van der Waals surface area contributed by atoms with Crippen LogP contribution in [0.25, 0.3) is 11.0 Å². The number of para-hydroxylation sites is 2. The molecule has 2 heterocycles. The number of fused-ring (bicyclic) bond motifs is 1. The third kappa shape index (κ3) is 3.92. The fourth-order valence-electron chi connectivity index (χ4n) is 3.69. The Morgan fingerprint density at radius 1 is 1.07 bits per heavy atom. The number of carbonyl (C=O) groups excluding carboxylic acids is 1. The zero-order valence-corrected chi connectivity index (χ0v) is 17.0. The monoisotopic (exact) mass is 387 g/mol. The molecule has 0 unspecified atom stereocenters. The first-order valence-corrected chi connectivity index (χ1v) is 9.87. The second-order valence-electron chi connectivity index (χ2n) is 7.23. The number of imidazole rings is 1. The highest BCUT2D eigenvalue weighted by atomic mass is 16.1. The Morgan fingerprint density at radius 3 is 2.66 bits per heavy atom. The van der Waals surface area contributed by atoms with Gasteiger partial charge in [0.2, 0.25) is 0 Å². The maximum atomic E-state index is 12.7. The van der Waals surface area contributed by atoms with Gasteiger partial charge in [0.05, 0.1) is 29.8 Å². The number of benzene rings is 2. The Kier molecular flexibility index (Phi) is 5.16. The van der Waals surface area contributed by atoms with Crippen molar-refractivity contribution < 1.29 is 4.79 Å². The van der Waals surface area contributed by atoms with Crippen LogP contribution in [-0.4, -0.2) is 25.2 Å². The summed E-state index contributed by atoms with van der Waals surface area (Å²) in [5.41, 5.74) is 5.83. The van der Waals surface area contributed by atoms with Crippen molar-refractivity contribution in [3.05, 3.63) is 82.9 Å². The molecule has 0 radical (unpaired) electrons. The molecule has 1 amide bonds. The molecule has 0 aliphatic rings. The zero-order chi connectivity index (χ0) is 20.4. The normalized spacial score (nSPS) is 11.1. The van der Waals surface area contributed by atoms with Gasteiger partial charge in [-0.3, -0.25) is 9.48 Å². The van der Waals surface area contributed by atoms with E-state index in [-0.39, 0.29) is 5.91 Å². The minimum atomic E-state index is -0.102. The molecule has 2 aromatic carbocycles. The summed E-state index contributed by atoms with van der Waals surface area (Å²) in [6.07, 6.45) is 0. The van der Waals surface area contributed by atoms with E-state index >= 15 is 0 Å². The second kappa shape index (κ2) is 7.91. The molecule has 29 heavy (non-hydrogen) atoms. The van der Waals surface area contributed by atoms with Crippen molar-refractivity contribution in [1.29, 1.82) is 0 Å². The van der Waals surface area contributed by atoms with Gasteiger partial charge in [-0.1, -0.05) is 24.3 Å². The van der Waals surface area contributed by atoms with Crippen LogP contribution in [0.15, 0.2) is 54.6 Å². The predicted molar refractivity (Wildman–Crippen MR) is 114 cm³/mol. The van der Waals surface area contributed by atoms with Gasteiger partial charge in [0.15, 0.2) is 0 Å². The first-order valence-electron chi connectivity index (χ1n) is 9.87. The van der Waals surface area contributed by atoms with E-state index in [2.05, 4.69) is 39.0 Å². The van der Waals surface area contributed by atoms with Crippen molar-refractivity contribution in [2.75, 3.05) is 0 Å². The lowest BCUT2D eigenvalue weighted by Crippen LogP contribution is -2.24. The number of aryl methyl sites for hydroxylation is 3. The lowest BCUT2D eigenvalue weighted by Gasteiger charge is -2.09. The summed E-state index contributed by atoms with van der Waals surface area (Å²) < 4.78 is 4.09. The molecule has 4 rings (SSSR count). The Labute approximate surface area is 170 Å². The number of nitrogens with zero attached hydrogens (tertiary/aromatic N) is 4.